The fraction of sp³-hybridized carbons (Fsp3) is 0.200. The molecule has 128 valence electrons. The van der Waals surface area contributed by atoms with Crippen molar-refractivity contribution in [2.24, 2.45) is 0 Å². The highest BCUT2D eigenvalue weighted by Crippen LogP contribution is 2.23. The number of aryl methyl sites for hydroxylation is 1. The van der Waals surface area contributed by atoms with Crippen LogP contribution in [0.1, 0.15) is 23.6 Å². The standard InChI is InChI=1S/C20H20N2O3/c1-3-25-18-7-5-4-6-16(18)12-17-19(23)22(20(24)21-17)13-15-10-8-14(2)9-11-15/h4-12H,3,13H2,1-2H3,(H,21,24). The number of carbonyl (C=O) groups excluding carboxylic acids is 2. The summed E-state index contributed by atoms with van der Waals surface area (Å²) in [5.41, 5.74) is 3.05. The summed E-state index contributed by atoms with van der Waals surface area (Å²) in [7, 11) is 0. The molecular weight excluding hydrogens is 316 g/mol. The molecule has 1 aliphatic rings. The molecule has 1 heterocycles. The predicted octanol–water partition coefficient (Wildman–Crippen LogP) is 3.49. The molecule has 0 saturated carbocycles. The molecule has 0 radical (unpaired) electrons. The highest BCUT2D eigenvalue weighted by Gasteiger charge is 2.33. The molecule has 0 atom stereocenters. The molecule has 25 heavy (non-hydrogen) atoms. The first-order valence-electron chi connectivity index (χ1n) is 8.20. The van der Waals surface area contributed by atoms with Crippen LogP contribution in [-0.4, -0.2) is 23.4 Å². The Kier molecular flexibility index (Phi) is 4.84. The number of hydrogen-bond donors (Lipinski definition) is 1. The van der Waals surface area contributed by atoms with Crippen LogP contribution < -0.4 is 10.1 Å². The second-order valence-corrected chi connectivity index (χ2v) is 5.84. The minimum absolute atomic E-state index is 0.245. The van der Waals surface area contributed by atoms with Gasteiger partial charge in [0.05, 0.1) is 13.2 Å². The van der Waals surface area contributed by atoms with Crippen LogP contribution in [0.15, 0.2) is 54.2 Å². The van der Waals surface area contributed by atoms with E-state index in [-0.39, 0.29) is 18.1 Å². The minimum Gasteiger partial charge on any atom is -0.493 e. The molecule has 0 unspecified atom stereocenters. The summed E-state index contributed by atoms with van der Waals surface area (Å²) in [5.74, 6) is 0.341. The van der Waals surface area contributed by atoms with Gasteiger partial charge in [-0.05, 0) is 31.6 Å². The third-order valence-electron chi connectivity index (χ3n) is 3.94. The third kappa shape index (κ3) is 3.71. The maximum absolute atomic E-state index is 12.6. The largest absolute Gasteiger partial charge is 0.493 e. The van der Waals surface area contributed by atoms with Gasteiger partial charge in [0.25, 0.3) is 5.91 Å². The zero-order valence-electron chi connectivity index (χ0n) is 14.3. The summed E-state index contributed by atoms with van der Waals surface area (Å²) in [4.78, 5) is 26.0. The van der Waals surface area contributed by atoms with Crippen molar-refractivity contribution in [3.8, 4) is 5.75 Å². The Morgan fingerprint density at radius 2 is 1.80 bits per heavy atom. The van der Waals surface area contributed by atoms with Crippen LogP contribution in [0.25, 0.3) is 6.08 Å². The molecule has 1 N–H and O–H groups in total. The Balaban J connectivity index is 1.82. The van der Waals surface area contributed by atoms with Gasteiger partial charge in [0.15, 0.2) is 0 Å². The van der Waals surface area contributed by atoms with Gasteiger partial charge in [-0.25, -0.2) is 4.79 Å². The van der Waals surface area contributed by atoms with E-state index in [4.69, 9.17) is 4.74 Å². The molecule has 1 aliphatic heterocycles. The average molecular weight is 336 g/mol. The SMILES string of the molecule is CCOc1ccccc1C=C1NC(=O)N(Cc2ccc(C)cc2)C1=O. The lowest BCUT2D eigenvalue weighted by Crippen LogP contribution is -2.30. The molecule has 2 aromatic rings. The van der Waals surface area contributed by atoms with E-state index in [2.05, 4.69) is 5.32 Å². The van der Waals surface area contributed by atoms with Crippen molar-refractivity contribution >= 4 is 18.0 Å². The van der Waals surface area contributed by atoms with E-state index in [1.807, 2.05) is 62.4 Å². The van der Waals surface area contributed by atoms with Gasteiger partial charge in [-0.15, -0.1) is 0 Å². The van der Waals surface area contributed by atoms with Crippen molar-refractivity contribution in [3.05, 3.63) is 70.9 Å². The van der Waals surface area contributed by atoms with Gasteiger partial charge in [0.1, 0.15) is 11.4 Å². The molecule has 5 nitrogen and oxygen atoms in total. The second kappa shape index (κ2) is 7.21. The fourth-order valence-electron chi connectivity index (χ4n) is 2.63. The molecule has 0 spiro atoms. The quantitative estimate of drug-likeness (QED) is 0.672. The fourth-order valence-corrected chi connectivity index (χ4v) is 2.63. The molecular formula is C20H20N2O3. The summed E-state index contributed by atoms with van der Waals surface area (Å²) in [6.07, 6.45) is 1.65. The highest BCUT2D eigenvalue weighted by molar-refractivity contribution is 6.14. The van der Waals surface area contributed by atoms with E-state index in [1.54, 1.807) is 6.08 Å². The third-order valence-corrected chi connectivity index (χ3v) is 3.94. The van der Waals surface area contributed by atoms with Crippen LogP contribution in [0.4, 0.5) is 4.79 Å². The van der Waals surface area contributed by atoms with Crippen molar-refractivity contribution < 1.29 is 14.3 Å². The number of ether oxygens (including phenoxy) is 1. The van der Waals surface area contributed by atoms with E-state index >= 15 is 0 Å². The molecule has 1 fully saturated rings. The Morgan fingerprint density at radius 3 is 2.52 bits per heavy atom. The van der Waals surface area contributed by atoms with Crippen LogP contribution in [0, 0.1) is 6.92 Å². The number of nitrogens with one attached hydrogen (secondary N) is 1. The van der Waals surface area contributed by atoms with Crippen molar-refractivity contribution in [2.75, 3.05) is 6.61 Å². The van der Waals surface area contributed by atoms with Crippen molar-refractivity contribution in [1.82, 2.24) is 10.2 Å². The van der Waals surface area contributed by atoms with Crippen molar-refractivity contribution in [3.63, 3.8) is 0 Å². The molecule has 3 rings (SSSR count). The van der Waals surface area contributed by atoms with Gasteiger partial charge in [0, 0.05) is 5.56 Å². The lowest BCUT2D eigenvalue weighted by molar-refractivity contribution is -0.123. The molecule has 0 aromatic heterocycles. The molecule has 3 amide bonds. The van der Waals surface area contributed by atoms with E-state index in [9.17, 15) is 9.59 Å². The topological polar surface area (TPSA) is 58.6 Å². The normalized spacial score (nSPS) is 15.6. The van der Waals surface area contributed by atoms with Gasteiger partial charge in [-0.3, -0.25) is 9.69 Å². The summed E-state index contributed by atoms with van der Waals surface area (Å²) < 4.78 is 5.56. The Hall–Kier alpha value is -3.08. The number of rotatable bonds is 5. The maximum atomic E-state index is 12.6. The smallest absolute Gasteiger partial charge is 0.329 e. The lowest BCUT2D eigenvalue weighted by Gasteiger charge is -2.12. The number of imide groups is 1. The van der Waals surface area contributed by atoms with Crippen LogP contribution >= 0.6 is 0 Å². The second-order valence-electron chi connectivity index (χ2n) is 5.84. The Labute approximate surface area is 146 Å². The zero-order valence-corrected chi connectivity index (χ0v) is 14.3. The molecule has 5 heteroatoms. The van der Waals surface area contributed by atoms with Gasteiger partial charge >= 0.3 is 6.03 Å². The molecule has 0 bridgehead atoms. The van der Waals surface area contributed by atoms with E-state index in [0.29, 0.717) is 12.4 Å². The number of amides is 3. The van der Waals surface area contributed by atoms with Crippen LogP contribution in [-0.2, 0) is 11.3 Å². The predicted molar refractivity (Wildman–Crippen MR) is 95.8 cm³/mol. The first-order valence-corrected chi connectivity index (χ1v) is 8.20. The van der Waals surface area contributed by atoms with Crippen LogP contribution in [0.5, 0.6) is 5.75 Å². The summed E-state index contributed by atoms with van der Waals surface area (Å²) >= 11 is 0. The number of urea groups is 1. The van der Waals surface area contributed by atoms with Gasteiger partial charge in [0.2, 0.25) is 0 Å². The summed E-state index contributed by atoms with van der Waals surface area (Å²) in [6.45, 7) is 4.67. The minimum atomic E-state index is -0.411. The van der Waals surface area contributed by atoms with Crippen LogP contribution in [0.3, 0.4) is 0 Å². The first-order chi connectivity index (χ1) is 12.1. The van der Waals surface area contributed by atoms with Gasteiger partial charge in [-0.1, -0.05) is 48.0 Å². The maximum Gasteiger partial charge on any atom is 0.329 e. The monoisotopic (exact) mass is 336 g/mol. The number of carbonyl (C=O) groups is 2. The van der Waals surface area contributed by atoms with Crippen molar-refractivity contribution in [1.29, 1.82) is 0 Å². The summed E-state index contributed by atoms with van der Waals surface area (Å²) in [6, 6.07) is 14.8. The number of hydrogen-bond acceptors (Lipinski definition) is 3. The zero-order chi connectivity index (χ0) is 17.8. The van der Waals surface area contributed by atoms with E-state index in [0.717, 1.165) is 16.7 Å². The van der Waals surface area contributed by atoms with Crippen LogP contribution in [0.2, 0.25) is 0 Å². The number of nitrogens with zero attached hydrogens (tertiary/aromatic N) is 1. The first kappa shape index (κ1) is 16.8. The molecule has 2 aromatic carbocycles. The lowest BCUT2D eigenvalue weighted by atomic mass is 10.1. The van der Waals surface area contributed by atoms with E-state index < -0.39 is 6.03 Å². The molecule has 1 saturated heterocycles. The average Bonchev–Trinajstić information content (AvgIpc) is 2.86. The number of benzene rings is 2. The summed E-state index contributed by atoms with van der Waals surface area (Å²) in [5, 5.41) is 2.65. The van der Waals surface area contributed by atoms with E-state index in [1.165, 1.54) is 4.90 Å². The Morgan fingerprint density at radius 1 is 1.08 bits per heavy atom. The van der Waals surface area contributed by atoms with Gasteiger partial charge < -0.3 is 10.1 Å². The van der Waals surface area contributed by atoms with Crippen molar-refractivity contribution in [2.45, 2.75) is 20.4 Å². The number of para-hydroxylation sites is 1. The highest BCUT2D eigenvalue weighted by atomic mass is 16.5. The Bertz CT molecular complexity index is 825. The molecule has 0 aliphatic carbocycles. The van der Waals surface area contributed by atoms with Gasteiger partial charge in [-0.2, -0.15) is 0 Å².